The van der Waals surface area contributed by atoms with Gasteiger partial charge < -0.3 is 0 Å². The first kappa shape index (κ1) is 16.2. The minimum atomic E-state index is 0.858. The van der Waals surface area contributed by atoms with Crippen molar-refractivity contribution >= 4 is 5.57 Å². The Morgan fingerprint density at radius 3 is 2.30 bits per heavy atom. The van der Waals surface area contributed by atoms with Crippen LogP contribution in [0.3, 0.4) is 0 Å². The number of aromatic nitrogens is 4. The molecule has 0 saturated carbocycles. The molecule has 1 N–H and O–H groups in total. The Kier molecular flexibility index (Phi) is 5.84. The highest BCUT2D eigenvalue weighted by molar-refractivity contribution is 5.64. The van der Waals surface area contributed by atoms with Crippen LogP contribution in [0.2, 0.25) is 0 Å². The number of rotatable bonds is 1. The van der Waals surface area contributed by atoms with Crippen LogP contribution in [-0.4, -0.2) is 20.2 Å². The molecule has 0 aliphatic heterocycles. The second-order valence-corrected chi connectivity index (χ2v) is 4.96. The van der Waals surface area contributed by atoms with E-state index >= 15 is 0 Å². The van der Waals surface area contributed by atoms with Gasteiger partial charge in [0.2, 0.25) is 0 Å². The first-order valence-corrected chi connectivity index (χ1v) is 7.14. The number of pyridine rings is 2. The Balaban J connectivity index is 0.000000229. The number of allylic oxidation sites excluding steroid dienone is 1. The molecular weight excluding hydrogens is 284 g/mol. The first-order chi connectivity index (χ1) is 11.2. The molecule has 4 heteroatoms. The highest BCUT2D eigenvalue weighted by Gasteiger charge is 2.01. The molecule has 0 bridgehead atoms. The molecule has 0 aliphatic rings. The minimum Gasteiger partial charge on any atom is -0.277 e. The number of aromatic amines is 1. The summed E-state index contributed by atoms with van der Waals surface area (Å²) in [6, 6.07) is 7.72. The van der Waals surface area contributed by atoms with Crippen LogP contribution in [-0.2, 0) is 0 Å². The molecule has 0 fully saturated rings. The molecule has 114 valence electrons. The van der Waals surface area contributed by atoms with E-state index in [1.807, 2.05) is 44.3 Å². The van der Waals surface area contributed by atoms with Gasteiger partial charge >= 0.3 is 0 Å². The van der Waals surface area contributed by atoms with Crippen molar-refractivity contribution < 1.29 is 0 Å². The molecule has 0 unspecified atom stereocenters. The maximum atomic E-state index is 4.00. The lowest BCUT2D eigenvalue weighted by molar-refractivity contribution is 1.07. The molecular formula is C19H18N4. The second-order valence-electron chi connectivity index (χ2n) is 4.96. The van der Waals surface area contributed by atoms with Gasteiger partial charge in [-0.05, 0) is 43.2 Å². The average Bonchev–Trinajstić information content (AvgIpc) is 3.04. The Morgan fingerprint density at radius 2 is 1.78 bits per heavy atom. The summed E-state index contributed by atoms with van der Waals surface area (Å²) in [6.45, 7) is 7.80. The predicted molar refractivity (Wildman–Crippen MR) is 92.5 cm³/mol. The molecule has 0 amide bonds. The van der Waals surface area contributed by atoms with E-state index in [4.69, 9.17) is 0 Å². The van der Waals surface area contributed by atoms with Gasteiger partial charge in [0.15, 0.2) is 0 Å². The summed E-state index contributed by atoms with van der Waals surface area (Å²) in [7, 11) is 0. The largest absolute Gasteiger partial charge is 0.277 e. The van der Waals surface area contributed by atoms with E-state index in [-0.39, 0.29) is 0 Å². The fourth-order valence-electron chi connectivity index (χ4n) is 1.73. The number of H-pyrrole nitrogens is 1. The van der Waals surface area contributed by atoms with Crippen molar-refractivity contribution in [3.63, 3.8) is 0 Å². The van der Waals surface area contributed by atoms with E-state index in [9.17, 15) is 0 Å². The van der Waals surface area contributed by atoms with Gasteiger partial charge in [-0.25, -0.2) is 0 Å². The van der Waals surface area contributed by atoms with E-state index < -0.39 is 0 Å². The molecule has 0 radical (unpaired) electrons. The van der Waals surface area contributed by atoms with E-state index in [2.05, 4.69) is 38.6 Å². The Morgan fingerprint density at radius 1 is 1.04 bits per heavy atom. The van der Waals surface area contributed by atoms with Crippen molar-refractivity contribution in [1.82, 2.24) is 20.2 Å². The number of nitrogens with zero attached hydrogens (tertiary/aromatic N) is 3. The maximum absolute atomic E-state index is 4.00. The number of hydrogen-bond acceptors (Lipinski definition) is 3. The van der Waals surface area contributed by atoms with Gasteiger partial charge in [0.05, 0.1) is 17.5 Å². The quantitative estimate of drug-likeness (QED) is 0.698. The third-order valence-electron chi connectivity index (χ3n) is 2.88. The summed E-state index contributed by atoms with van der Waals surface area (Å²) < 4.78 is 0. The van der Waals surface area contributed by atoms with Gasteiger partial charge in [0.1, 0.15) is 0 Å². The summed E-state index contributed by atoms with van der Waals surface area (Å²) in [5.41, 5.74) is 4.76. The smallest absolute Gasteiger partial charge is 0.0757 e. The number of nitrogens with one attached hydrogen (secondary N) is 1. The van der Waals surface area contributed by atoms with Gasteiger partial charge in [-0.1, -0.05) is 24.5 Å². The zero-order chi connectivity index (χ0) is 16.5. The predicted octanol–water partition coefficient (Wildman–Crippen LogP) is 3.63. The monoisotopic (exact) mass is 302 g/mol. The van der Waals surface area contributed by atoms with Crippen LogP contribution in [0.1, 0.15) is 29.3 Å². The molecule has 4 nitrogen and oxygen atoms in total. The van der Waals surface area contributed by atoms with Crippen molar-refractivity contribution in [3.05, 3.63) is 84.2 Å². The van der Waals surface area contributed by atoms with Crippen LogP contribution in [0.4, 0.5) is 0 Å². The van der Waals surface area contributed by atoms with E-state index in [1.165, 1.54) is 5.56 Å². The van der Waals surface area contributed by atoms with Gasteiger partial charge in [-0.3, -0.25) is 15.1 Å². The molecule has 3 heterocycles. The number of aryl methyl sites for hydroxylation is 1. The summed E-state index contributed by atoms with van der Waals surface area (Å²) in [5.74, 6) is 6.07. The zero-order valence-electron chi connectivity index (χ0n) is 13.2. The third kappa shape index (κ3) is 5.25. The topological polar surface area (TPSA) is 54.5 Å². The van der Waals surface area contributed by atoms with Crippen LogP contribution in [0.5, 0.6) is 0 Å². The maximum Gasteiger partial charge on any atom is 0.0757 e. The van der Waals surface area contributed by atoms with Gasteiger partial charge in [-0.15, -0.1) is 0 Å². The summed E-state index contributed by atoms with van der Waals surface area (Å²) in [4.78, 5) is 7.88. The summed E-state index contributed by atoms with van der Waals surface area (Å²) >= 11 is 0. The lowest BCUT2D eigenvalue weighted by atomic mass is 10.1. The fraction of sp³-hybridized carbons (Fsp3) is 0.105. The van der Waals surface area contributed by atoms with E-state index in [0.717, 1.165) is 22.4 Å². The second kappa shape index (κ2) is 8.30. The summed E-state index contributed by atoms with van der Waals surface area (Å²) in [6.07, 6.45) is 8.76. The highest BCUT2D eigenvalue weighted by atomic mass is 15.1. The lowest BCUT2D eigenvalue weighted by Crippen LogP contribution is -1.82. The Bertz CT molecular complexity index is 809. The van der Waals surface area contributed by atoms with Crippen LogP contribution in [0.15, 0.2) is 61.8 Å². The van der Waals surface area contributed by atoms with E-state index in [1.54, 1.807) is 24.8 Å². The first-order valence-electron chi connectivity index (χ1n) is 7.14. The normalized spacial score (nSPS) is 9.13. The van der Waals surface area contributed by atoms with Crippen molar-refractivity contribution in [2.45, 2.75) is 13.8 Å². The van der Waals surface area contributed by atoms with Crippen LogP contribution in [0, 0.1) is 18.8 Å². The van der Waals surface area contributed by atoms with Crippen molar-refractivity contribution in [3.8, 4) is 11.8 Å². The molecule has 0 aromatic carbocycles. The fourth-order valence-corrected chi connectivity index (χ4v) is 1.73. The molecule has 0 aliphatic carbocycles. The minimum absolute atomic E-state index is 0.858. The Labute approximate surface area is 136 Å². The number of hydrogen-bond donors (Lipinski definition) is 1. The molecule has 3 aromatic rings. The molecule has 3 rings (SSSR count). The third-order valence-corrected chi connectivity index (χ3v) is 2.88. The molecule has 0 spiro atoms. The molecule has 0 saturated heterocycles. The van der Waals surface area contributed by atoms with Crippen molar-refractivity contribution in [2.24, 2.45) is 0 Å². The standard InChI is InChI=1S/C13H11N3.C6H7N/c1-10(2)13-12(9-15-16-13)6-5-11-4-3-7-14-8-11;1-6-3-2-4-7-5-6/h3-4,7-9H,1H2,2H3,(H,15,16);2-5H,1H3. The van der Waals surface area contributed by atoms with Gasteiger partial charge in [-0.2, -0.15) is 5.10 Å². The van der Waals surface area contributed by atoms with Gasteiger partial charge in [0.25, 0.3) is 0 Å². The highest BCUT2D eigenvalue weighted by Crippen LogP contribution is 2.12. The molecule has 23 heavy (non-hydrogen) atoms. The van der Waals surface area contributed by atoms with E-state index in [0.29, 0.717) is 0 Å². The van der Waals surface area contributed by atoms with Crippen molar-refractivity contribution in [1.29, 1.82) is 0 Å². The molecule has 0 atom stereocenters. The van der Waals surface area contributed by atoms with Crippen LogP contribution < -0.4 is 0 Å². The zero-order valence-corrected chi connectivity index (χ0v) is 13.2. The molecule has 3 aromatic heterocycles. The summed E-state index contributed by atoms with van der Waals surface area (Å²) in [5, 5.41) is 6.83. The van der Waals surface area contributed by atoms with Crippen LogP contribution in [0.25, 0.3) is 5.57 Å². The lowest BCUT2D eigenvalue weighted by Gasteiger charge is -1.93. The average molecular weight is 302 g/mol. The Hall–Kier alpha value is -3.19. The van der Waals surface area contributed by atoms with Crippen molar-refractivity contribution in [2.75, 3.05) is 0 Å². The SMILES string of the molecule is C=C(C)c1[nH]ncc1C#Cc1cccnc1.Cc1cccnc1. The van der Waals surface area contributed by atoms with Crippen LogP contribution >= 0.6 is 0 Å². The van der Waals surface area contributed by atoms with Gasteiger partial charge in [0, 0.05) is 30.4 Å².